The summed E-state index contributed by atoms with van der Waals surface area (Å²) in [5.74, 6) is 0.725. The Morgan fingerprint density at radius 3 is 2.92 bits per heavy atom. The number of amides is 2. The zero-order valence-electron chi connectivity index (χ0n) is 14.0. The van der Waals surface area contributed by atoms with Crippen molar-refractivity contribution in [3.63, 3.8) is 0 Å². The maximum absolute atomic E-state index is 12.5. The third-order valence-electron chi connectivity index (χ3n) is 4.52. The molecule has 1 N–H and O–H groups in total. The summed E-state index contributed by atoms with van der Waals surface area (Å²) in [5.41, 5.74) is 1.68. The standard InChI is InChI=1S/C19H20N2O3S/c1-12-19(23)21(15-5-6-15)11-13-9-14(4-7-17(13)24-12)20-18(22)10-16-3-2-8-25-16/h2-4,7-9,12,15H,5-6,10-11H2,1H3,(H,20,22). The lowest BCUT2D eigenvalue weighted by molar-refractivity contribution is -0.138. The molecule has 5 nitrogen and oxygen atoms in total. The monoisotopic (exact) mass is 356 g/mol. The number of carbonyl (C=O) groups is 2. The molecule has 1 aromatic carbocycles. The molecule has 2 aromatic rings. The highest BCUT2D eigenvalue weighted by Crippen LogP contribution is 2.35. The van der Waals surface area contributed by atoms with Crippen LogP contribution in [0, 0.1) is 0 Å². The van der Waals surface area contributed by atoms with Crippen molar-refractivity contribution < 1.29 is 14.3 Å². The largest absolute Gasteiger partial charge is 0.481 e. The summed E-state index contributed by atoms with van der Waals surface area (Å²) in [4.78, 5) is 27.6. The summed E-state index contributed by atoms with van der Waals surface area (Å²) in [5, 5.41) is 4.91. The number of hydrogen-bond donors (Lipinski definition) is 1. The van der Waals surface area contributed by atoms with Gasteiger partial charge in [0.15, 0.2) is 6.10 Å². The van der Waals surface area contributed by atoms with Gasteiger partial charge >= 0.3 is 0 Å². The first-order valence-electron chi connectivity index (χ1n) is 8.52. The van der Waals surface area contributed by atoms with E-state index in [9.17, 15) is 9.59 Å². The van der Waals surface area contributed by atoms with Gasteiger partial charge in [-0.2, -0.15) is 0 Å². The first kappa shape index (κ1) is 16.1. The molecular weight excluding hydrogens is 336 g/mol. The van der Waals surface area contributed by atoms with Crippen molar-refractivity contribution in [2.45, 2.75) is 44.9 Å². The second kappa shape index (κ2) is 6.52. The Labute approximate surface area is 150 Å². The summed E-state index contributed by atoms with van der Waals surface area (Å²) in [7, 11) is 0. The number of hydrogen-bond acceptors (Lipinski definition) is 4. The second-order valence-corrected chi connectivity index (χ2v) is 7.62. The fourth-order valence-corrected chi connectivity index (χ4v) is 3.81. The minimum atomic E-state index is -0.471. The summed E-state index contributed by atoms with van der Waals surface area (Å²) in [6.45, 7) is 2.33. The van der Waals surface area contributed by atoms with Crippen LogP contribution in [0.3, 0.4) is 0 Å². The Morgan fingerprint density at radius 1 is 1.36 bits per heavy atom. The van der Waals surface area contributed by atoms with Crippen molar-refractivity contribution in [3.8, 4) is 5.75 Å². The van der Waals surface area contributed by atoms with Crippen LogP contribution < -0.4 is 10.1 Å². The van der Waals surface area contributed by atoms with Gasteiger partial charge in [0.05, 0.1) is 6.42 Å². The van der Waals surface area contributed by atoms with Gasteiger partial charge in [-0.25, -0.2) is 0 Å². The van der Waals surface area contributed by atoms with Crippen molar-refractivity contribution in [2.24, 2.45) is 0 Å². The molecule has 4 rings (SSSR count). The molecule has 1 aromatic heterocycles. The Kier molecular flexibility index (Phi) is 4.21. The number of carbonyl (C=O) groups excluding carboxylic acids is 2. The van der Waals surface area contributed by atoms with Crippen molar-refractivity contribution in [2.75, 3.05) is 5.32 Å². The first-order valence-corrected chi connectivity index (χ1v) is 9.40. The lowest BCUT2D eigenvalue weighted by Gasteiger charge is -2.21. The Hall–Kier alpha value is -2.34. The average Bonchev–Trinajstić information content (AvgIpc) is 3.32. The third kappa shape index (κ3) is 3.54. The number of nitrogens with zero attached hydrogens (tertiary/aromatic N) is 1. The van der Waals surface area contributed by atoms with Crippen molar-refractivity contribution in [1.29, 1.82) is 0 Å². The molecule has 0 radical (unpaired) electrons. The molecule has 1 saturated carbocycles. The molecule has 0 saturated heterocycles. The van der Waals surface area contributed by atoms with Crippen LogP contribution in [-0.4, -0.2) is 28.9 Å². The molecular formula is C19H20N2O3S. The topological polar surface area (TPSA) is 58.6 Å². The maximum Gasteiger partial charge on any atom is 0.263 e. The first-order chi connectivity index (χ1) is 12.1. The summed E-state index contributed by atoms with van der Waals surface area (Å²) >= 11 is 1.57. The molecule has 1 unspecified atom stereocenters. The number of rotatable bonds is 4. The van der Waals surface area contributed by atoms with Gasteiger partial charge in [-0.15, -0.1) is 11.3 Å². The quantitative estimate of drug-likeness (QED) is 0.915. The van der Waals surface area contributed by atoms with Gasteiger partial charge in [0, 0.05) is 28.7 Å². The highest BCUT2D eigenvalue weighted by Gasteiger charge is 2.37. The molecule has 25 heavy (non-hydrogen) atoms. The third-order valence-corrected chi connectivity index (χ3v) is 5.40. The SMILES string of the molecule is CC1Oc2ccc(NC(=O)Cc3cccs3)cc2CN(C2CC2)C1=O. The molecule has 1 aliphatic heterocycles. The molecule has 1 fully saturated rings. The van der Waals surface area contributed by atoms with Crippen LogP contribution in [0.5, 0.6) is 5.75 Å². The zero-order chi connectivity index (χ0) is 17.4. The normalized spacial score (nSPS) is 19.8. The average molecular weight is 356 g/mol. The Bertz CT molecular complexity index is 799. The summed E-state index contributed by atoms with van der Waals surface area (Å²) in [6.07, 6.45) is 2.02. The second-order valence-electron chi connectivity index (χ2n) is 6.58. The molecule has 2 amide bonds. The molecule has 130 valence electrons. The predicted molar refractivity (Wildman–Crippen MR) is 96.8 cm³/mol. The molecule has 0 bridgehead atoms. The van der Waals surface area contributed by atoms with Gasteiger partial charge in [0.1, 0.15) is 5.75 Å². The zero-order valence-corrected chi connectivity index (χ0v) is 14.8. The lowest BCUT2D eigenvalue weighted by atomic mass is 10.1. The molecule has 2 heterocycles. The van der Waals surface area contributed by atoms with Crippen LogP contribution in [-0.2, 0) is 22.6 Å². The number of nitrogens with one attached hydrogen (secondary N) is 1. The highest BCUT2D eigenvalue weighted by molar-refractivity contribution is 7.10. The van der Waals surface area contributed by atoms with Crippen molar-refractivity contribution in [1.82, 2.24) is 4.90 Å². The molecule has 0 spiro atoms. The lowest BCUT2D eigenvalue weighted by Crippen LogP contribution is -2.39. The minimum absolute atomic E-state index is 0.0413. The van der Waals surface area contributed by atoms with E-state index in [2.05, 4.69) is 5.32 Å². The number of fused-ring (bicyclic) bond motifs is 1. The Balaban J connectivity index is 1.52. The van der Waals surface area contributed by atoms with E-state index < -0.39 is 6.10 Å². The van der Waals surface area contributed by atoms with E-state index in [-0.39, 0.29) is 11.8 Å². The maximum atomic E-state index is 12.5. The Morgan fingerprint density at radius 2 is 2.20 bits per heavy atom. The van der Waals surface area contributed by atoms with Crippen LogP contribution in [0.1, 0.15) is 30.2 Å². The van der Waals surface area contributed by atoms with E-state index >= 15 is 0 Å². The van der Waals surface area contributed by atoms with E-state index in [1.165, 1.54) is 0 Å². The fraction of sp³-hybridized carbons (Fsp3) is 0.368. The van der Waals surface area contributed by atoms with Gasteiger partial charge in [-0.3, -0.25) is 9.59 Å². The molecule has 1 atom stereocenters. The smallest absolute Gasteiger partial charge is 0.263 e. The number of ether oxygens (including phenoxy) is 1. The van der Waals surface area contributed by atoms with E-state index in [0.717, 1.165) is 34.7 Å². The molecule has 1 aliphatic carbocycles. The van der Waals surface area contributed by atoms with Gasteiger partial charge < -0.3 is 15.0 Å². The number of benzene rings is 1. The van der Waals surface area contributed by atoms with E-state index in [1.807, 2.05) is 40.6 Å². The van der Waals surface area contributed by atoms with Crippen molar-refractivity contribution in [3.05, 3.63) is 46.2 Å². The van der Waals surface area contributed by atoms with Gasteiger partial charge in [-0.05, 0) is 49.4 Å². The van der Waals surface area contributed by atoms with E-state index in [4.69, 9.17) is 4.74 Å². The molecule has 2 aliphatic rings. The summed E-state index contributed by atoms with van der Waals surface area (Å²) in [6, 6.07) is 9.82. The minimum Gasteiger partial charge on any atom is -0.481 e. The van der Waals surface area contributed by atoms with Gasteiger partial charge in [0.2, 0.25) is 5.91 Å². The van der Waals surface area contributed by atoms with Crippen molar-refractivity contribution >= 4 is 28.8 Å². The number of thiophene rings is 1. The van der Waals surface area contributed by atoms with Crippen LogP contribution >= 0.6 is 11.3 Å². The van der Waals surface area contributed by atoms with Gasteiger partial charge in [0.25, 0.3) is 5.91 Å². The van der Waals surface area contributed by atoms with Crippen LogP contribution in [0.25, 0.3) is 0 Å². The number of anilines is 1. The predicted octanol–water partition coefficient (Wildman–Crippen LogP) is 3.20. The van der Waals surface area contributed by atoms with Crippen LogP contribution in [0.2, 0.25) is 0 Å². The fourth-order valence-electron chi connectivity index (χ4n) is 3.10. The summed E-state index contributed by atoms with van der Waals surface area (Å²) < 4.78 is 5.82. The van der Waals surface area contributed by atoms with Crippen LogP contribution in [0.4, 0.5) is 5.69 Å². The van der Waals surface area contributed by atoms with Gasteiger partial charge in [-0.1, -0.05) is 6.07 Å². The van der Waals surface area contributed by atoms with E-state index in [0.29, 0.717) is 19.0 Å². The van der Waals surface area contributed by atoms with Crippen LogP contribution in [0.15, 0.2) is 35.7 Å². The van der Waals surface area contributed by atoms with E-state index in [1.54, 1.807) is 18.3 Å². The highest BCUT2D eigenvalue weighted by atomic mass is 32.1. The molecule has 6 heteroatoms.